The first-order chi connectivity index (χ1) is 17.4. The Labute approximate surface area is 214 Å². The van der Waals surface area contributed by atoms with Gasteiger partial charge in [-0.2, -0.15) is 4.57 Å². The number of aromatic nitrogens is 1. The predicted molar refractivity (Wildman–Crippen MR) is 148 cm³/mol. The van der Waals surface area contributed by atoms with Crippen LogP contribution in [0.5, 0.6) is 5.75 Å². The van der Waals surface area contributed by atoms with E-state index in [-0.39, 0.29) is 6.10 Å². The van der Waals surface area contributed by atoms with Crippen LogP contribution in [0.2, 0.25) is 0 Å². The fourth-order valence-electron chi connectivity index (χ4n) is 4.64. The average molecular weight is 489 g/mol. The number of carbonyl (C=O) groups excluding carboxylic acids is 1. The van der Waals surface area contributed by atoms with Gasteiger partial charge in [-0.1, -0.05) is 24.3 Å². The third-order valence-electron chi connectivity index (χ3n) is 6.38. The van der Waals surface area contributed by atoms with Gasteiger partial charge in [-0.3, -0.25) is 4.79 Å². The molecule has 0 saturated heterocycles. The lowest BCUT2D eigenvalue weighted by Crippen LogP contribution is -2.37. The number of ether oxygens (including phenoxy) is 2. The number of hydrogen-bond acceptors (Lipinski definition) is 5. The van der Waals surface area contributed by atoms with E-state index >= 15 is 0 Å². The second kappa shape index (κ2) is 13.0. The molecule has 36 heavy (non-hydrogen) atoms. The first-order valence-corrected chi connectivity index (χ1v) is 12.3. The van der Waals surface area contributed by atoms with E-state index in [1.807, 2.05) is 69.4 Å². The molecule has 0 radical (unpaired) electrons. The second-order valence-corrected chi connectivity index (χ2v) is 8.96. The summed E-state index contributed by atoms with van der Waals surface area (Å²) < 4.78 is 12.9. The largest absolute Gasteiger partial charge is 0.496 e. The number of carbonyl (C=O) groups is 1. The van der Waals surface area contributed by atoms with Crippen molar-refractivity contribution in [2.45, 2.75) is 39.3 Å². The molecule has 6 heteroatoms. The number of nitrogen functional groups attached to an aromatic ring is 1. The van der Waals surface area contributed by atoms with Crippen LogP contribution in [0.15, 0.2) is 60.7 Å². The number of anilines is 1. The van der Waals surface area contributed by atoms with Gasteiger partial charge < -0.3 is 20.5 Å². The highest BCUT2D eigenvalue weighted by Gasteiger charge is 2.19. The van der Waals surface area contributed by atoms with Gasteiger partial charge in [0.15, 0.2) is 12.8 Å². The molecule has 0 aliphatic rings. The normalized spacial score (nSPS) is 11.7. The Morgan fingerprint density at radius 3 is 2.17 bits per heavy atom. The molecule has 4 aromatic rings. The smallest absolute Gasteiger partial charge is 0.213 e. The zero-order valence-electron chi connectivity index (χ0n) is 22.0. The fraction of sp³-hybridized carbons (Fsp3) is 0.333. The molecule has 3 N–H and O–H groups in total. The Morgan fingerprint density at radius 2 is 1.64 bits per heavy atom. The third kappa shape index (κ3) is 6.20. The Bertz CT molecular complexity index is 1260. The number of rotatable bonds is 9. The highest BCUT2D eigenvalue weighted by Crippen LogP contribution is 2.28. The number of nitrogens with two attached hydrogens (primary N) is 1. The highest BCUT2D eigenvalue weighted by atomic mass is 16.5. The van der Waals surface area contributed by atoms with E-state index in [1.165, 1.54) is 0 Å². The van der Waals surface area contributed by atoms with Gasteiger partial charge in [0, 0.05) is 49.9 Å². The van der Waals surface area contributed by atoms with Crippen LogP contribution in [0.4, 0.5) is 5.69 Å². The molecular formula is C30H38N3O3+. The number of fused-ring (bicyclic) bond motifs is 2. The minimum Gasteiger partial charge on any atom is -0.496 e. The maximum Gasteiger partial charge on any atom is 0.213 e. The van der Waals surface area contributed by atoms with E-state index in [1.54, 1.807) is 14.2 Å². The lowest BCUT2D eigenvalue weighted by molar-refractivity contribution is -0.645. The first kappa shape index (κ1) is 27.1. The number of aryl methyl sites for hydroxylation is 2. The van der Waals surface area contributed by atoms with Gasteiger partial charge in [-0.15, -0.1) is 0 Å². The molecule has 0 spiro atoms. The number of aldehydes is 1. The predicted octanol–water partition coefficient (Wildman–Crippen LogP) is 4.87. The SMILES string of the molecule is CNCCC[n+]1c2ccccc2c(C=O)c2ccccc21.COc1c(C)cc(N)cc1CC(C)OC. The third-order valence-corrected chi connectivity index (χ3v) is 6.38. The molecule has 190 valence electrons. The van der Waals surface area contributed by atoms with Gasteiger partial charge in [0.2, 0.25) is 11.0 Å². The molecule has 0 saturated carbocycles. The Kier molecular flexibility index (Phi) is 9.79. The molecule has 1 atom stereocenters. The molecule has 0 bridgehead atoms. The van der Waals surface area contributed by atoms with Crippen molar-refractivity contribution >= 4 is 33.8 Å². The molecule has 1 heterocycles. The number of methoxy groups -OCH3 is 2. The summed E-state index contributed by atoms with van der Waals surface area (Å²) in [6, 6.07) is 20.1. The Hall–Kier alpha value is -3.48. The molecular weight excluding hydrogens is 450 g/mol. The minimum absolute atomic E-state index is 0.167. The maximum absolute atomic E-state index is 11.6. The summed E-state index contributed by atoms with van der Waals surface area (Å²) in [5, 5.41) is 5.23. The van der Waals surface area contributed by atoms with Crippen LogP contribution in [0.3, 0.4) is 0 Å². The quantitative estimate of drug-likeness (QED) is 0.116. The maximum atomic E-state index is 11.6. The first-order valence-electron chi connectivity index (χ1n) is 12.3. The topological polar surface area (TPSA) is 77.5 Å². The Balaban J connectivity index is 0.000000214. The minimum atomic E-state index is 0.167. The lowest BCUT2D eigenvalue weighted by atomic mass is 10.0. The average Bonchev–Trinajstić information content (AvgIpc) is 2.88. The summed E-state index contributed by atoms with van der Waals surface area (Å²) in [7, 11) is 5.35. The van der Waals surface area contributed by atoms with Crippen molar-refractivity contribution in [3.05, 3.63) is 77.4 Å². The molecule has 4 rings (SSSR count). The number of nitrogens with zero attached hydrogens (tertiary/aromatic N) is 1. The molecule has 6 nitrogen and oxygen atoms in total. The standard InChI is InChI=1S/C18H19N2O.C12H19NO2/c1-19-11-6-12-20-17-9-4-2-7-14(17)16(13-21)15-8-3-5-10-18(15)20;1-8-5-11(13)7-10(12(8)15-4)6-9(2)14-3/h2-5,7-10,13,19H,6,11-12H2,1H3;5,7,9H,6,13H2,1-4H3/q+1;. The van der Waals surface area contributed by atoms with E-state index in [4.69, 9.17) is 15.2 Å². The molecule has 0 fully saturated rings. The van der Waals surface area contributed by atoms with Crippen molar-refractivity contribution in [2.24, 2.45) is 0 Å². The van der Waals surface area contributed by atoms with Crippen molar-refractivity contribution in [1.82, 2.24) is 5.32 Å². The van der Waals surface area contributed by atoms with Crippen molar-refractivity contribution in [2.75, 3.05) is 33.5 Å². The summed E-state index contributed by atoms with van der Waals surface area (Å²) >= 11 is 0. The highest BCUT2D eigenvalue weighted by molar-refractivity contribution is 6.07. The fourth-order valence-corrected chi connectivity index (χ4v) is 4.64. The molecule has 1 aromatic heterocycles. The van der Waals surface area contributed by atoms with Gasteiger partial charge >= 0.3 is 0 Å². The second-order valence-electron chi connectivity index (χ2n) is 8.96. The zero-order chi connectivity index (χ0) is 26.1. The summed E-state index contributed by atoms with van der Waals surface area (Å²) in [5.74, 6) is 0.910. The number of para-hydroxylation sites is 2. The van der Waals surface area contributed by atoms with Crippen LogP contribution in [-0.4, -0.2) is 40.2 Å². The number of nitrogens with one attached hydrogen (secondary N) is 1. The van der Waals surface area contributed by atoms with Crippen LogP contribution in [0, 0.1) is 6.92 Å². The molecule has 0 amide bonds. The summed E-state index contributed by atoms with van der Waals surface area (Å²) in [6.45, 7) is 5.93. The summed E-state index contributed by atoms with van der Waals surface area (Å²) in [5.41, 5.74) is 11.8. The summed E-state index contributed by atoms with van der Waals surface area (Å²) in [6.07, 6.45) is 3.00. The van der Waals surface area contributed by atoms with Gasteiger partial charge in [-0.05, 0) is 56.3 Å². The van der Waals surface area contributed by atoms with E-state index in [0.29, 0.717) is 0 Å². The van der Waals surface area contributed by atoms with Crippen molar-refractivity contribution in [3.8, 4) is 5.75 Å². The van der Waals surface area contributed by atoms with E-state index in [9.17, 15) is 4.79 Å². The molecule has 3 aromatic carbocycles. The van der Waals surface area contributed by atoms with Crippen LogP contribution in [0.25, 0.3) is 21.8 Å². The van der Waals surface area contributed by atoms with Crippen LogP contribution in [-0.2, 0) is 17.7 Å². The van der Waals surface area contributed by atoms with Gasteiger partial charge in [0.1, 0.15) is 5.75 Å². The molecule has 0 aliphatic carbocycles. The van der Waals surface area contributed by atoms with Crippen LogP contribution in [0.1, 0.15) is 34.8 Å². The molecule has 0 aliphatic heterocycles. The van der Waals surface area contributed by atoms with Crippen molar-refractivity contribution in [1.29, 1.82) is 0 Å². The van der Waals surface area contributed by atoms with E-state index < -0.39 is 0 Å². The number of benzene rings is 3. The Morgan fingerprint density at radius 1 is 1.03 bits per heavy atom. The van der Waals surface area contributed by atoms with Gasteiger partial charge in [0.25, 0.3) is 0 Å². The van der Waals surface area contributed by atoms with Crippen LogP contribution < -0.4 is 20.4 Å². The summed E-state index contributed by atoms with van der Waals surface area (Å²) in [4.78, 5) is 11.6. The van der Waals surface area contributed by atoms with E-state index in [0.717, 1.165) is 82.2 Å². The van der Waals surface area contributed by atoms with E-state index in [2.05, 4.69) is 22.0 Å². The van der Waals surface area contributed by atoms with Crippen LogP contribution >= 0.6 is 0 Å². The van der Waals surface area contributed by atoms with Crippen molar-refractivity contribution < 1.29 is 18.8 Å². The zero-order valence-corrected chi connectivity index (χ0v) is 22.0. The monoisotopic (exact) mass is 488 g/mol. The van der Waals surface area contributed by atoms with Gasteiger partial charge in [-0.25, -0.2) is 0 Å². The molecule has 1 unspecified atom stereocenters. The van der Waals surface area contributed by atoms with Gasteiger partial charge in [0.05, 0.1) is 24.0 Å². The van der Waals surface area contributed by atoms with Crippen molar-refractivity contribution in [3.63, 3.8) is 0 Å². The number of hydrogen-bond donors (Lipinski definition) is 2. The number of pyridine rings is 1. The lowest BCUT2D eigenvalue weighted by Gasteiger charge is -2.15.